The smallest absolute Gasteiger partial charge is 0.279 e. The molecule has 1 aromatic heterocycles. The van der Waals surface area contributed by atoms with E-state index in [0.717, 1.165) is 37.8 Å². The molecule has 5 nitrogen and oxygen atoms in total. The summed E-state index contributed by atoms with van der Waals surface area (Å²) in [6.07, 6.45) is 4.80. The zero-order valence-corrected chi connectivity index (χ0v) is 16.2. The number of rotatable bonds is 4. The minimum atomic E-state index is -0.129. The Hall–Kier alpha value is -2.95. The van der Waals surface area contributed by atoms with Gasteiger partial charge in [-0.3, -0.25) is 9.59 Å². The van der Waals surface area contributed by atoms with Gasteiger partial charge in [0.25, 0.3) is 11.5 Å². The van der Waals surface area contributed by atoms with Crippen molar-refractivity contribution in [3.63, 3.8) is 0 Å². The van der Waals surface area contributed by atoms with E-state index in [2.05, 4.69) is 18.1 Å². The molecule has 28 heavy (non-hydrogen) atoms. The number of nitrogens with zero attached hydrogens (tertiary/aromatic N) is 3. The van der Waals surface area contributed by atoms with Gasteiger partial charge in [0.1, 0.15) is 0 Å². The van der Waals surface area contributed by atoms with Crippen LogP contribution in [0.3, 0.4) is 0 Å². The fraction of sp³-hybridized carbons (Fsp3) is 0.348. The fourth-order valence-electron chi connectivity index (χ4n) is 3.88. The van der Waals surface area contributed by atoms with E-state index in [0.29, 0.717) is 29.6 Å². The molecular formula is C23H25N3O2. The maximum atomic E-state index is 13.6. The van der Waals surface area contributed by atoms with Crippen LogP contribution in [0.15, 0.2) is 53.3 Å². The lowest BCUT2D eigenvalue weighted by molar-refractivity contribution is 0.0981. The summed E-state index contributed by atoms with van der Waals surface area (Å²) in [5, 5.41) is 5.72. The van der Waals surface area contributed by atoms with Crippen LogP contribution < -0.4 is 10.5 Å². The number of unbranched alkanes of at least 4 members (excludes halogenated alkanes) is 1. The molecule has 0 radical (unpaired) electrons. The number of aryl methyl sites for hydroxylation is 2. The van der Waals surface area contributed by atoms with Crippen LogP contribution in [-0.2, 0) is 13.0 Å². The van der Waals surface area contributed by atoms with Gasteiger partial charge in [0, 0.05) is 24.2 Å². The van der Waals surface area contributed by atoms with E-state index in [9.17, 15) is 9.59 Å². The van der Waals surface area contributed by atoms with E-state index in [-0.39, 0.29) is 11.5 Å². The summed E-state index contributed by atoms with van der Waals surface area (Å²) < 4.78 is 1.46. The zero-order chi connectivity index (χ0) is 19.5. The third-order valence-electron chi connectivity index (χ3n) is 5.40. The van der Waals surface area contributed by atoms with Crippen LogP contribution in [0.1, 0.15) is 48.7 Å². The summed E-state index contributed by atoms with van der Waals surface area (Å²) in [7, 11) is 0. The Bertz CT molecular complexity index is 1070. The summed E-state index contributed by atoms with van der Waals surface area (Å²) in [4.78, 5) is 28.3. The molecule has 0 fully saturated rings. The summed E-state index contributed by atoms with van der Waals surface area (Å²) in [6, 6.07) is 15.4. The molecule has 0 saturated heterocycles. The van der Waals surface area contributed by atoms with Crippen molar-refractivity contribution in [1.29, 1.82) is 0 Å². The Kier molecular flexibility index (Phi) is 5.24. The van der Waals surface area contributed by atoms with E-state index in [4.69, 9.17) is 0 Å². The molecule has 0 bridgehead atoms. The number of carbonyl (C=O) groups excluding carboxylic acids is 1. The minimum Gasteiger partial charge on any atom is -0.307 e. The fourth-order valence-corrected chi connectivity index (χ4v) is 3.88. The lowest BCUT2D eigenvalue weighted by atomic mass is 10.1. The van der Waals surface area contributed by atoms with E-state index < -0.39 is 0 Å². The molecule has 4 rings (SSSR count). The standard InChI is InChI=1S/C23H25N3O2/c1-2-3-16-26-22(27)19-13-6-5-12-18(19)21(24-26)23(28)25-15-9-8-11-17-10-4-7-14-20(17)25/h4-7,10,12-14H,2-3,8-9,11,15-16H2,1H3. The van der Waals surface area contributed by atoms with Gasteiger partial charge < -0.3 is 4.90 Å². The van der Waals surface area contributed by atoms with Crippen LogP contribution in [0.2, 0.25) is 0 Å². The quantitative estimate of drug-likeness (QED) is 0.687. The zero-order valence-electron chi connectivity index (χ0n) is 16.2. The number of fused-ring (bicyclic) bond motifs is 2. The lowest BCUT2D eigenvalue weighted by Gasteiger charge is -2.23. The first kappa shape index (κ1) is 18.4. The summed E-state index contributed by atoms with van der Waals surface area (Å²) >= 11 is 0. The first-order valence-electron chi connectivity index (χ1n) is 10.1. The Balaban J connectivity index is 1.85. The third-order valence-corrected chi connectivity index (χ3v) is 5.40. The molecule has 2 heterocycles. The second-order valence-corrected chi connectivity index (χ2v) is 7.32. The number of amides is 1. The predicted molar refractivity (Wildman–Crippen MR) is 112 cm³/mol. The van der Waals surface area contributed by atoms with Crippen LogP contribution >= 0.6 is 0 Å². The van der Waals surface area contributed by atoms with Crippen molar-refractivity contribution in [3.8, 4) is 0 Å². The monoisotopic (exact) mass is 375 g/mol. The van der Waals surface area contributed by atoms with Crippen molar-refractivity contribution in [2.75, 3.05) is 11.4 Å². The van der Waals surface area contributed by atoms with Crippen LogP contribution in [0.4, 0.5) is 5.69 Å². The highest BCUT2D eigenvalue weighted by Crippen LogP contribution is 2.28. The van der Waals surface area contributed by atoms with Gasteiger partial charge in [-0.1, -0.05) is 49.7 Å². The molecule has 1 aliphatic rings. The first-order valence-corrected chi connectivity index (χ1v) is 10.1. The largest absolute Gasteiger partial charge is 0.307 e. The number of benzene rings is 2. The highest BCUT2D eigenvalue weighted by atomic mass is 16.2. The number of hydrogen-bond acceptors (Lipinski definition) is 3. The van der Waals surface area contributed by atoms with Crippen molar-refractivity contribution in [3.05, 3.63) is 70.1 Å². The van der Waals surface area contributed by atoms with Crippen molar-refractivity contribution in [2.45, 2.75) is 45.6 Å². The van der Waals surface area contributed by atoms with Gasteiger partial charge in [-0.05, 0) is 43.4 Å². The van der Waals surface area contributed by atoms with Crippen LogP contribution in [0.5, 0.6) is 0 Å². The molecular weight excluding hydrogens is 350 g/mol. The van der Waals surface area contributed by atoms with Crippen molar-refractivity contribution < 1.29 is 4.79 Å². The second-order valence-electron chi connectivity index (χ2n) is 7.32. The van der Waals surface area contributed by atoms with E-state index in [1.807, 2.05) is 41.3 Å². The third kappa shape index (κ3) is 3.33. The molecule has 0 aliphatic carbocycles. The molecule has 2 aromatic carbocycles. The normalized spacial score (nSPS) is 14.0. The van der Waals surface area contributed by atoms with Gasteiger partial charge in [0.05, 0.1) is 5.39 Å². The SMILES string of the molecule is CCCCn1nc(C(=O)N2CCCCc3ccccc32)c2ccccc2c1=O. The molecule has 0 spiro atoms. The van der Waals surface area contributed by atoms with Crippen LogP contribution in [-0.4, -0.2) is 22.2 Å². The second kappa shape index (κ2) is 7.97. The molecule has 1 aliphatic heterocycles. The Morgan fingerprint density at radius 2 is 1.79 bits per heavy atom. The average molecular weight is 375 g/mol. The molecule has 3 aromatic rings. The Labute approximate surface area is 164 Å². The Morgan fingerprint density at radius 1 is 1.04 bits per heavy atom. The van der Waals surface area contributed by atoms with Crippen molar-refractivity contribution in [2.24, 2.45) is 0 Å². The van der Waals surface area contributed by atoms with Gasteiger partial charge in [0.15, 0.2) is 5.69 Å². The highest BCUT2D eigenvalue weighted by molar-refractivity contribution is 6.12. The van der Waals surface area contributed by atoms with Crippen molar-refractivity contribution >= 4 is 22.4 Å². The summed E-state index contributed by atoms with van der Waals surface area (Å²) in [5.41, 5.74) is 2.39. The molecule has 0 unspecified atom stereocenters. The summed E-state index contributed by atoms with van der Waals surface area (Å²) in [6.45, 7) is 3.27. The number of para-hydroxylation sites is 1. The topological polar surface area (TPSA) is 55.2 Å². The molecule has 0 atom stereocenters. The maximum Gasteiger partial charge on any atom is 0.279 e. The Morgan fingerprint density at radius 3 is 2.61 bits per heavy atom. The minimum absolute atomic E-state index is 0.128. The maximum absolute atomic E-state index is 13.6. The van der Waals surface area contributed by atoms with Crippen molar-refractivity contribution in [1.82, 2.24) is 9.78 Å². The molecule has 0 saturated carbocycles. The van der Waals surface area contributed by atoms with Gasteiger partial charge in [-0.2, -0.15) is 5.10 Å². The van der Waals surface area contributed by atoms with Crippen LogP contribution in [0, 0.1) is 0 Å². The molecule has 5 heteroatoms. The number of aromatic nitrogens is 2. The molecule has 0 N–H and O–H groups in total. The number of carbonyl (C=O) groups is 1. The van der Waals surface area contributed by atoms with Gasteiger partial charge in [-0.25, -0.2) is 4.68 Å². The number of hydrogen-bond donors (Lipinski definition) is 0. The first-order chi connectivity index (χ1) is 13.7. The van der Waals surface area contributed by atoms with E-state index in [1.54, 1.807) is 6.07 Å². The average Bonchev–Trinajstić information content (AvgIpc) is 2.95. The highest BCUT2D eigenvalue weighted by Gasteiger charge is 2.26. The van der Waals surface area contributed by atoms with Crippen LogP contribution in [0.25, 0.3) is 10.8 Å². The number of anilines is 1. The van der Waals surface area contributed by atoms with Gasteiger partial charge in [0.2, 0.25) is 0 Å². The van der Waals surface area contributed by atoms with E-state index >= 15 is 0 Å². The summed E-state index contributed by atoms with van der Waals surface area (Å²) in [5.74, 6) is -0.129. The molecule has 144 valence electrons. The van der Waals surface area contributed by atoms with Gasteiger partial charge in [-0.15, -0.1) is 0 Å². The van der Waals surface area contributed by atoms with E-state index in [1.165, 1.54) is 10.2 Å². The van der Waals surface area contributed by atoms with Gasteiger partial charge >= 0.3 is 0 Å². The molecule has 1 amide bonds. The predicted octanol–water partition coefficient (Wildman–Crippen LogP) is 4.18. The lowest BCUT2D eigenvalue weighted by Crippen LogP contribution is -2.35.